The average molecular weight is 493 g/mol. The number of aliphatic imine (C=N–C) groups is 1. The second-order valence-electron chi connectivity index (χ2n) is 5.84. The molecule has 11 nitrogen and oxygen atoms in total. The first-order chi connectivity index (χ1) is 13.7. The number of nitrogens with one attached hydrogen (secondary N) is 2. The van der Waals surface area contributed by atoms with Crippen LogP contribution in [0.2, 0.25) is 0 Å². The molecular formula is C15H18BrFN6O5S. The summed E-state index contributed by atoms with van der Waals surface area (Å²) in [5, 5.41) is 21.5. The molecule has 1 aromatic heterocycles. The molecule has 2 aromatic rings. The van der Waals surface area contributed by atoms with E-state index in [1.165, 1.54) is 18.2 Å². The van der Waals surface area contributed by atoms with Crippen LogP contribution in [0.5, 0.6) is 0 Å². The molecule has 0 bridgehead atoms. The van der Waals surface area contributed by atoms with Gasteiger partial charge in [0.05, 0.1) is 16.6 Å². The molecule has 5 N–H and O–H groups in total. The normalized spacial score (nSPS) is 12.2. The van der Waals surface area contributed by atoms with Crippen molar-refractivity contribution in [3.05, 3.63) is 39.9 Å². The van der Waals surface area contributed by atoms with Gasteiger partial charge in [0.15, 0.2) is 11.5 Å². The van der Waals surface area contributed by atoms with Crippen LogP contribution < -0.4 is 15.3 Å². The van der Waals surface area contributed by atoms with E-state index in [0.29, 0.717) is 18.5 Å². The largest absolute Gasteiger partial charge is 0.299 e. The first-order valence-corrected chi connectivity index (χ1v) is 10.6. The molecule has 0 saturated heterocycles. The van der Waals surface area contributed by atoms with Crippen molar-refractivity contribution in [1.29, 1.82) is 0 Å². The highest BCUT2D eigenvalue weighted by Crippen LogP contribution is 2.23. The first-order valence-electron chi connectivity index (χ1n) is 8.24. The van der Waals surface area contributed by atoms with Gasteiger partial charge in [0, 0.05) is 13.0 Å². The highest BCUT2D eigenvalue weighted by atomic mass is 79.9. The lowest BCUT2D eigenvalue weighted by Gasteiger charge is -2.04. The van der Waals surface area contributed by atoms with Gasteiger partial charge < -0.3 is 0 Å². The Kier molecular flexibility index (Phi) is 8.33. The van der Waals surface area contributed by atoms with Gasteiger partial charge in [-0.05, 0) is 52.1 Å². The first kappa shape index (κ1) is 23.0. The number of unbranched alkanes of at least 4 members (excludes halogenated alkanes) is 1. The minimum Gasteiger partial charge on any atom is -0.299 e. The summed E-state index contributed by atoms with van der Waals surface area (Å²) in [5.41, 5.74) is 2.35. The number of hydroxylamine groups is 1. The van der Waals surface area contributed by atoms with Gasteiger partial charge in [-0.2, -0.15) is 8.42 Å². The number of hydrogen-bond acceptors (Lipinski definition) is 8. The fraction of sp³-hybridized carbons (Fsp3) is 0.333. The predicted molar refractivity (Wildman–Crippen MR) is 103 cm³/mol. The third kappa shape index (κ3) is 7.58. The molecular weight excluding hydrogens is 475 g/mol. The standard InChI is InChI=1S/C15H18BrFN6O5S/c16-11-7-9(4-5-12(11)17)20-15(21-25)14-13(22-28-23-14)8-10(24)3-1-2-6-19-29(18,26)27/h4-5,7,19,25H,1-3,6,8H2,(H,20,21)(H2,18,26,27). The fourth-order valence-electron chi connectivity index (χ4n) is 2.25. The number of benzene rings is 1. The summed E-state index contributed by atoms with van der Waals surface area (Å²) >= 11 is 3.04. The zero-order valence-electron chi connectivity index (χ0n) is 14.9. The Hall–Kier alpha value is -2.26. The minimum atomic E-state index is -3.75. The second-order valence-corrected chi connectivity index (χ2v) is 8.08. The van der Waals surface area contributed by atoms with E-state index in [9.17, 15) is 22.8 Å². The van der Waals surface area contributed by atoms with Crippen molar-refractivity contribution in [2.24, 2.45) is 10.1 Å². The smallest absolute Gasteiger partial charge is 0.274 e. The van der Waals surface area contributed by atoms with Crippen LogP contribution in [0.1, 0.15) is 30.7 Å². The number of rotatable bonds is 10. The molecule has 0 atom stereocenters. The molecule has 29 heavy (non-hydrogen) atoms. The summed E-state index contributed by atoms with van der Waals surface area (Å²) in [6.07, 6.45) is 0.902. The molecule has 1 aromatic carbocycles. The van der Waals surface area contributed by atoms with Gasteiger partial charge in [-0.3, -0.25) is 15.5 Å². The van der Waals surface area contributed by atoms with Crippen molar-refractivity contribution in [2.45, 2.75) is 25.7 Å². The van der Waals surface area contributed by atoms with E-state index in [2.05, 4.69) is 40.6 Å². The van der Waals surface area contributed by atoms with Gasteiger partial charge in [0.2, 0.25) is 0 Å². The fourth-order valence-corrected chi connectivity index (χ4v) is 3.05. The van der Waals surface area contributed by atoms with Gasteiger partial charge in [-0.25, -0.2) is 23.9 Å². The topological polar surface area (TPSA) is 173 Å². The number of carbonyl (C=O) groups is 1. The van der Waals surface area contributed by atoms with Gasteiger partial charge >= 0.3 is 0 Å². The highest BCUT2D eigenvalue weighted by molar-refractivity contribution is 9.10. The zero-order chi connectivity index (χ0) is 21.4. The molecule has 1 heterocycles. The molecule has 0 unspecified atom stereocenters. The van der Waals surface area contributed by atoms with Crippen LogP contribution in [0.3, 0.4) is 0 Å². The quantitative estimate of drug-likeness (QED) is 0.165. The van der Waals surface area contributed by atoms with Gasteiger partial charge in [-0.15, -0.1) is 0 Å². The van der Waals surface area contributed by atoms with Crippen molar-refractivity contribution < 1.29 is 27.4 Å². The van der Waals surface area contributed by atoms with Crippen molar-refractivity contribution >= 4 is 43.4 Å². The molecule has 14 heteroatoms. The number of nitrogens with zero attached hydrogens (tertiary/aromatic N) is 3. The Morgan fingerprint density at radius 3 is 2.76 bits per heavy atom. The van der Waals surface area contributed by atoms with Gasteiger partial charge in [-0.1, -0.05) is 5.16 Å². The second kappa shape index (κ2) is 10.5. The Balaban J connectivity index is 2.00. The van der Waals surface area contributed by atoms with Crippen LogP contribution >= 0.6 is 15.9 Å². The number of carbonyl (C=O) groups excluding carboxylic acids is 1. The number of Topliss-reactive ketones (excluding diaryl/α,β-unsaturated/α-hetero) is 1. The van der Waals surface area contributed by atoms with Gasteiger partial charge in [0.1, 0.15) is 17.3 Å². The van der Waals surface area contributed by atoms with Crippen molar-refractivity contribution in [3.8, 4) is 0 Å². The predicted octanol–water partition coefficient (Wildman–Crippen LogP) is 1.10. The van der Waals surface area contributed by atoms with E-state index in [1.807, 2.05) is 5.48 Å². The van der Waals surface area contributed by atoms with E-state index in [-0.39, 0.29) is 46.9 Å². The minimum absolute atomic E-state index is 0.0252. The summed E-state index contributed by atoms with van der Waals surface area (Å²) in [4.78, 5) is 16.2. The lowest BCUT2D eigenvalue weighted by atomic mass is 10.1. The van der Waals surface area contributed by atoms with Gasteiger partial charge in [0.25, 0.3) is 10.2 Å². The third-order valence-corrected chi connectivity index (χ3v) is 4.80. The Labute approximate surface area is 173 Å². The van der Waals surface area contributed by atoms with Crippen LogP contribution in [0.4, 0.5) is 10.1 Å². The number of amidine groups is 1. The Morgan fingerprint density at radius 2 is 2.10 bits per heavy atom. The van der Waals surface area contributed by atoms with Crippen LogP contribution in [0.25, 0.3) is 0 Å². The lowest BCUT2D eigenvalue weighted by molar-refractivity contribution is -0.118. The van der Waals surface area contributed by atoms with Crippen molar-refractivity contribution in [2.75, 3.05) is 6.54 Å². The average Bonchev–Trinajstić information content (AvgIpc) is 3.09. The van der Waals surface area contributed by atoms with Crippen LogP contribution in [-0.4, -0.2) is 42.1 Å². The Bertz CT molecular complexity index is 997. The molecule has 0 aliphatic rings. The van der Waals surface area contributed by atoms with E-state index < -0.39 is 16.0 Å². The van der Waals surface area contributed by atoms with Crippen LogP contribution in [-0.2, 0) is 21.4 Å². The van der Waals surface area contributed by atoms with E-state index >= 15 is 0 Å². The molecule has 0 saturated carbocycles. The highest BCUT2D eigenvalue weighted by Gasteiger charge is 2.19. The molecule has 0 aliphatic carbocycles. The monoisotopic (exact) mass is 492 g/mol. The molecule has 0 spiro atoms. The zero-order valence-corrected chi connectivity index (χ0v) is 17.3. The van der Waals surface area contributed by atoms with E-state index in [0.717, 1.165) is 0 Å². The SMILES string of the molecule is NS(=O)(=O)NCCCCC(=O)Cc1nonc1C(=Nc1ccc(F)c(Br)c1)NO. The van der Waals surface area contributed by atoms with E-state index in [4.69, 9.17) is 5.14 Å². The van der Waals surface area contributed by atoms with E-state index in [1.54, 1.807) is 0 Å². The summed E-state index contributed by atoms with van der Waals surface area (Å²) in [6, 6.07) is 3.96. The molecule has 0 radical (unpaired) electrons. The lowest BCUT2D eigenvalue weighted by Crippen LogP contribution is -2.31. The maximum absolute atomic E-state index is 13.3. The number of aromatic nitrogens is 2. The molecule has 0 fully saturated rings. The number of halogens is 2. The third-order valence-electron chi connectivity index (χ3n) is 3.58. The maximum Gasteiger partial charge on any atom is 0.274 e. The van der Waals surface area contributed by atoms with Crippen LogP contribution in [0.15, 0.2) is 32.3 Å². The maximum atomic E-state index is 13.3. The van der Waals surface area contributed by atoms with Crippen LogP contribution in [0, 0.1) is 5.82 Å². The summed E-state index contributed by atoms with van der Waals surface area (Å²) in [6.45, 7) is 0.126. The molecule has 0 aliphatic heterocycles. The summed E-state index contributed by atoms with van der Waals surface area (Å²) in [5.74, 6) is -0.805. The summed E-state index contributed by atoms with van der Waals surface area (Å²) < 4.78 is 41.8. The molecule has 2 rings (SSSR count). The number of nitrogens with two attached hydrogens (primary N) is 1. The molecule has 158 valence electrons. The number of hydrogen-bond donors (Lipinski definition) is 4. The number of ketones is 1. The Morgan fingerprint density at radius 1 is 1.34 bits per heavy atom. The van der Waals surface area contributed by atoms with Crippen molar-refractivity contribution in [3.63, 3.8) is 0 Å². The van der Waals surface area contributed by atoms with Crippen molar-refractivity contribution in [1.82, 2.24) is 20.5 Å². The summed E-state index contributed by atoms with van der Waals surface area (Å²) in [7, 11) is -3.75. The molecule has 0 amide bonds.